The Kier molecular flexibility index (Phi) is 3.96. The summed E-state index contributed by atoms with van der Waals surface area (Å²) in [7, 11) is 0. The first-order valence-electron chi connectivity index (χ1n) is 6.03. The molecule has 18 heavy (non-hydrogen) atoms. The lowest BCUT2D eigenvalue weighted by Crippen LogP contribution is -2.37. The first-order chi connectivity index (χ1) is 8.63. The fraction of sp³-hybridized carbons (Fsp3) is 0.462. The molecule has 1 aromatic carbocycles. The van der Waals surface area contributed by atoms with Crippen LogP contribution in [-0.2, 0) is 4.79 Å². The lowest BCUT2D eigenvalue weighted by atomic mass is 9.98. The summed E-state index contributed by atoms with van der Waals surface area (Å²) < 4.78 is 0. The molecule has 3 atom stereocenters. The number of carbonyl (C=O) groups excluding carboxylic acids is 1. The molecule has 2 rings (SSSR count). The number of β-amino-alcohol motifs (C(OH)–C–C–N with tert-alkyl or cyclic N) is 2. The van der Waals surface area contributed by atoms with Crippen LogP contribution >= 0.6 is 0 Å². The van der Waals surface area contributed by atoms with E-state index in [1.165, 1.54) is 4.90 Å². The van der Waals surface area contributed by atoms with Gasteiger partial charge in [-0.05, 0) is 5.56 Å². The highest BCUT2D eigenvalue weighted by Crippen LogP contribution is 2.20. The van der Waals surface area contributed by atoms with E-state index < -0.39 is 18.1 Å². The third-order valence-corrected chi connectivity index (χ3v) is 3.31. The molecule has 1 aliphatic rings. The topological polar surface area (TPSA) is 86.8 Å². The third-order valence-electron chi connectivity index (χ3n) is 3.31. The zero-order valence-electron chi connectivity index (χ0n) is 10.1. The minimum absolute atomic E-state index is 0.140. The second-order valence-corrected chi connectivity index (χ2v) is 4.58. The van der Waals surface area contributed by atoms with Gasteiger partial charge < -0.3 is 20.8 Å². The van der Waals surface area contributed by atoms with Crippen molar-refractivity contribution in [2.45, 2.75) is 18.1 Å². The lowest BCUT2D eigenvalue weighted by Gasteiger charge is -2.22. The molecule has 1 heterocycles. The van der Waals surface area contributed by atoms with Gasteiger partial charge in [-0.25, -0.2) is 0 Å². The Bertz CT molecular complexity index is 400. The first kappa shape index (κ1) is 13.0. The van der Waals surface area contributed by atoms with Gasteiger partial charge >= 0.3 is 0 Å². The quantitative estimate of drug-likeness (QED) is 0.661. The first-order valence-corrected chi connectivity index (χ1v) is 6.03. The van der Waals surface area contributed by atoms with Gasteiger partial charge in [-0.2, -0.15) is 0 Å². The molecule has 0 aromatic heterocycles. The second kappa shape index (κ2) is 5.48. The number of carbonyl (C=O) groups is 1. The maximum atomic E-state index is 12.3. The summed E-state index contributed by atoms with van der Waals surface area (Å²) in [5, 5.41) is 18.9. The molecular formula is C13H18N2O3. The highest BCUT2D eigenvalue weighted by molar-refractivity contribution is 5.84. The molecule has 4 N–H and O–H groups in total. The van der Waals surface area contributed by atoms with Crippen molar-refractivity contribution in [3.8, 4) is 0 Å². The van der Waals surface area contributed by atoms with Crippen LogP contribution in [-0.4, -0.2) is 52.9 Å². The smallest absolute Gasteiger partial charge is 0.231 e. The zero-order chi connectivity index (χ0) is 13.1. The largest absolute Gasteiger partial charge is 0.388 e. The molecule has 1 amide bonds. The molecule has 1 aliphatic heterocycles. The SMILES string of the molecule is NCC(C(=O)N1C[C@@H](O)[C@@H](O)C1)c1ccccc1. The van der Waals surface area contributed by atoms with Gasteiger partial charge in [0.1, 0.15) is 0 Å². The van der Waals surface area contributed by atoms with E-state index in [2.05, 4.69) is 0 Å². The summed E-state index contributed by atoms with van der Waals surface area (Å²) in [6.07, 6.45) is -1.72. The van der Waals surface area contributed by atoms with Gasteiger partial charge in [0, 0.05) is 19.6 Å². The lowest BCUT2D eigenvalue weighted by molar-refractivity contribution is -0.132. The minimum Gasteiger partial charge on any atom is -0.388 e. The maximum Gasteiger partial charge on any atom is 0.231 e. The average molecular weight is 250 g/mol. The molecule has 1 fully saturated rings. The van der Waals surface area contributed by atoms with Gasteiger partial charge in [0.25, 0.3) is 0 Å². The van der Waals surface area contributed by atoms with Crippen molar-refractivity contribution < 1.29 is 15.0 Å². The van der Waals surface area contributed by atoms with E-state index in [-0.39, 0.29) is 25.5 Å². The molecule has 5 heteroatoms. The molecule has 98 valence electrons. The summed E-state index contributed by atoms with van der Waals surface area (Å²) >= 11 is 0. The maximum absolute atomic E-state index is 12.3. The molecule has 1 unspecified atom stereocenters. The monoisotopic (exact) mass is 250 g/mol. The number of rotatable bonds is 3. The van der Waals surface area contributed by atoms with E-state index in [4.69, 9.17) is 5.73 Å². The molecule has 0 spiro atoms. The number of likely N-dealkylation sites (tertiary alicyclic amines) is 1. The van der Waals surface area contributed by atoms with E-state index in [0.717, 1.165) is 5.56 Å². The van der Waals surface area contributed by atoms with Crippen LogP contribution in [0.2, 0.25) is 0 Å². The minimum atomic E-state index is -0.858. The van der Waals surface area contributed by atoms with Gasteiger partial charge in [0.2, 0.25) is 5.91 Å². The van der Waals surface area contributed by atoms with Crippen molar-refractivity contribution in [3.05, 3.63) is 35.9 Å². The number of hydrogen-bond acceptors (Lipinski definition) is 4. The van der Waals surface area contributed by atoms with Crippen LogP contribution in [0.25, 0.3) is 0 Å². The van der Waals surface area contributed by atoms with Crippen molar-refractivity contribution in [1.82, 2.24) is 4.90 Å². The van der Waals surface area contributed by atoms with Crippen molar-refractivity contribution in [2.75, 3.05) is 19.6 Å². The number of nitrogens with zero attached hydrogens (tertiary/aromatic N) is 1. The third kappa shape index (κ3) is 2.53. The van der Waals surface area contributed by atoms with Crippen LogP contribution in [0, 0.1) is 0 Å². The number of amides is 1. The number of hydrogen-bond donors (Lipinski definition) is 3. The molecule has 0 radical (unpaired) electrons. The number of aliphatic hydroxyl groups excluding tert-OH is 2. The Morgan fingerprint density at radius 1 is 1.28 bits per heavy atom. The summed E-state index contributed by atoms with van der Waals surface area (Å²) in [6.45, 7) is 0.554. The Morgan fingerprint density at radius 2 is 1.83 bits per heavy atom. The van der Waals surface area contributed by atoms with Crippen LogP contribution in [0.1, 0.15) is 11.5 Å². The van der Waals surface area contributed by atoms with Crippen LogP contribution in [0.4, 0.5) is 0 Å². The molecule has 0 aliphatic carbocycles. The Labute approximate surface area is 106 Å². The van der Waals surface area contributed by atoms with Crippen molar-refractivity contribution in [1.29, 1.82) is 0 Å². The Hall–Kier alpha value is -1.43. The average Bonchev–Trinajstić information content (AvgIpc) is 2.72. The highest BCUT2D eigenvalue weighted by Gasteiger charge is 2.35. The van der Waals surface area contributed by atoms with E-state index in [1.807, 2.05) is 30.3 Å². The standard InChI is InChI=1S/C13H18N2O3/c14-6-10(9-4-2-1-3-5-9)13(18)15-7-11(16)12(17)8-15/h1-5,10-12,16-17H,6-8,14H2/t10?,11-,12+. The van der Waals surface area contributed by atoms with Crippen LogP contribution in [0.3, 0.4) is 0 Å². The van der Waals surface area contributed by atoms with Crippen molar-refractivity contribution in [3.63, 3.8) is 0 Å². The van der Waals surface area contributed by atoms with Gasteiger partial charge in [0.15, 0.2) is 0 Å². The number of benzene rings is 1. The zero-order valence-corrected chi connectivity index (χ0v) is 10.1. The van der Waals surface area contributed by atoms with Crippen LogP contribution < -0.4 is 5.73 Å². The normalized spacial score (nSPS) is 25.2. The molecule has 0 bridgehead atoms. The predicted molar refractivity (Wildman–Crippen MR) is 66.8 cm³/mol. The van der Waals surface area contributed by atoms with Crippen LogP contribution in [0.5, 0.6) is 0 Å². The van der Waals surface area contributed by atoms with E-state index in [1.54, 1.807) is 0 Å². The van der Waals surface area contributed by atoms with Crippen LogP contribution in [0.15, 0.2) is 30.3 Å². The summed E-state index contributed by atoms with van der Waals surface area (Å²) in [5.41, 5.74) is 6.53. The molecule has 5 nitrogen and oxygen atoms in total. The molecule has 1 saturated heterocycles. The van der Waals surface area contributed by atoms with Crippen molar-refractivity contribution >= 4 is 5.91 Å². The van der Waals surface area contributed by atoms with E-state index in [0.29, 0.717) is 0 Å². The van der Waals surface area contributed by atoms with E-state index in [9.17, 15) is 15.0 Å². The Balaban J connectivity index is 2.12. The van der Waals surface area contributed by atoms with Gasteiger partial charge in [-0.1, -0.05) is 30.3 Å². The summed E-state index contributed by atoms with van der Waals surface area (Å²) in [5.74, 6) is -0.553. The summed E-state index contributed by atoms with van der Waals surface area (Å²) in [6, 6.07) is 9.32. The second-order valence-electron chi connectivity index (χ2n) is 4.58. The predicted octanol–water partition coefficient (Wildman–Crippen LogP) is -0.707. The number of nitrogens with two attached hydrogens (primary N) is 1. The molecule has 1 aromatic rings. The fourth-order valence-corrected chi connectivity index (χ4v) is 2.23. The van der Waals surface area contributed by atoms with Gasteiger partial charge in [0.05, 0.1) is 18.1 Å². The van der Waals surface area contributed by atoms with Gasteiger partial charge in [-0.15, -0.1) is 0 Å². The fourth-order valence-electron chi connectivity index (χ4n) is 2.23. The molecule has 0 saturated carbocycles. The molecular weight excluding hydrogens is 232 g/mol. The van der Waals surface area contributed by atoms with E-state index >= 15 is 0 Å². The number of aliphatic hydroxyl groups is 2. The van der Waals surface area contributed by atoms with Crippen molar-refractivity contribution in [2.24, 2.45) is 5.73 Å². The van der Waals surface area contributed by atoms with Gasteiger partial charge in [-0.3, -0.25) is 4.79 Å². The highest BCUT2D eigenvalue weighted by atomic mass is 16.3. The summed E-state index contributed by atoms with van der Waals surface area (Å²) in [4.78, 5) is 13.8. The Morgan fingerprint density at radius 3 is 2.33 bits per heavy atom.